The van der Waals surface area contributed by atoms with Crippen molar-refractivity contribution in [3.8, 4) is 0 Å². The molecule has 0 aliphatic heterocycles. The average Bonchev–Trinajstić information content (AvgIpc) is 2.33. The Balaban J connectivity index is 2.31. The first kappa shape index (κ1) is 13.9. The number of benzene rings is 1. The molecule has 2 nitrogen and oxygen atoms in total. The van der Waals surface area contributed by atoms with Gasteiger partial charge in [0.25, 0.3) is 0 Å². The van der Waals surface area contributed by atoms with Crippen molar-refractivity contribution in [1.82, 2.24) is 4.98 Å². The van der Waals surface area contributed by atoms with Gasteiger partial charge in [-0.2, -0.15) is 13.2 Å². The van der Waals surface area contributed by atoms with Gasteiger partial charge in [0.05, 0.1) is 5.56 Å². The van der Waals surface area contributed by atoms with Gasteiger partial charge in [0.1, 0.15) is 5.82 Å². The lowest BCUT2D eigenvalue weighted by molar-refractivity contribution is -0.137. The summed E-state index contributed by atoms with van der Waals surface area (Å²) in [6.07, 6.45) is -2.78. The summed E-state index contributed by atoms with van der Waals surface area (Å²) in [4.78, 5) is 4.07. The van der Waals surface area contributed by atoms with E-state index in [4.69, 9.17) is 0 Å². The summed E-state index contributed by atoms with van der Waals surface area (Å²) in [6, 6.07) is 7.03. The Hall–Kier alpha value is -1.56. The zero-order chi connectivity index (χ0) is 14.0. The molecule has 19 heavy (non-hydrogen) atoms. The number of rotatable bonds is 2. The van der Waals surface area contributed by atoms with Crippen LogP contribution in [0.25, 0.3) is 0 Å². The van der Waals surface area contributed by atoms with E-state index in [2.05, 4.69) is 26.2 Å². The molecule has 6 heteroatoms. The first-order chi connectivity index (χ1) is 8.86. The number of anilines is 2. The molecule has 1 aromatic carbocycles. The van der Waals surface area contributed by atoms with Gasteiger partial charge >= 0.3 is 6.18 Å². The highest BCUT2D eigenvalue weighted by atomic mass is 79.9. The summed E-state index contributed by atoms with van der Waals surface area (Å²) in [5, 5.41) is 2.88. The number of nitrogens with zero attached hydrogens (tertiary/aromatic N) is 1. The fourth-order valence-electron chi connectivity index (χ4n) is 1.52. The molecule has 0 radical (unpaired) electrons. The van der Waals surface area contributed by atoms with Gasteiger partial charge < -0.3 is 5.32 Å². The molecular weight excluding hydrogens is 321 g/mol. The van der Waals surface area contributed by atoms with Crippen LogP contribution in [-0.2, 0) is 6.18 Å². The Kier molecular flexibility index (Phi) is 3.80. The second kappa shape index (κ2) is 5.21. The molecule has 2 aromatic rings. The van der Waals surface area contributed by atoms with Crippen molar-refractivity contribution in [2.24, 2.45) is 0 Å². The maximum atomic E-state index is 12.6. The minimum Gasteiger partial charge on any atom is -0.340 e. The van der Waals surface area contributed by atoms with Gasteiger partial charge in [-0.3, -0.25) is 0 Å². The van der Waals surface area contributed by atoms with Crippen molar-refractivity contribution in [3.63, 3.8) is 0 Å². The number of halogens is 4. The van der Waals surface area contributed by atoms with Crippen LogP contribution in [-0.4, -0.2) is 4.98 Å². The molecular formula is C13H10BrF3N2. The van der Waals surface area contributed by atoms with Crippen molar-refractivity contribution < 1.29 is 13.2 Å². The Bertz CT molecular complexity index is 579. The third kappa shape index (κ3) is 3.47. The molecule has 0 unspecified atom stereocenters. The highest BCUT2D eigenvalue weighted by Gasteiger charge is 2.30. The summed E-state index contributed by atoms with van der Waals surface area (Å²) in [5.41, 5.74) is 0.431. The van der Waals surface area contributed by atoms with Crippen LogP contribution in [0.3, 0.4) is 0 Å². The smallest absolute Gasteiger partial charge is 0.340 e. The quantitative estimate of drug-likeness (QED) is 0.845. The van der Waals surface area contributed by atoms with E-state index in [0.717, 1.165) is 22.2 Å². The molecule has 0 atom stereocenters. The summed E-state index contributed by atoms with van der Waals surface area (Å²) in [7, 11) is 0. The van der Waals surface area contributed by atoms with E-state index in [-0.39, 0.29) is 0 Å². The molecule has 0 fully saturated rings. The van der Waals surface area contributed by atoms with Gasteiger partial charge in [-0.1, -0.05) is 6.07 Å². The number of hydrogen-bond acceptors (Lipinski definition) is 2. The van der Waals surface area contributed by atoms with Crippen molar-refractivity contribution in [3.05, 3.63) is 52.1 Å². The maximum absolute atomic E-state index is 12.6. The Morgan fingerprint density at radius 1 is 1.16 bits per heavy atom. The van der Waals surface area contributed by atoms with Crippen molar-refractivity contribution in [1.29, 1.82) is 0 Å². The molecule has 1 aromatic heterocycles. The van der Waals surface area contributed by atoms with Gasteiger partial charge in [0.15, 0.2) is 0 Å². The lowest BCUT2D eigenvalue weighted by Gasteiger charge is -2.12. The van der Waals surface area contributed by atoms with Crippen LogP contribution in [0, 0.1) is 6.92 Å². The number of hydrogen-bond donors (Lipinski definition) is 1. The third-order valence-corrected chi connectivity index (χ3v) is 3.02. The summed E-state index contributed by atoms with van der Waals surface area (Å²) in [5.74, 6) is 0.491. The van der Waals surface area contributed by atoms with Gasteiger partial charge in [-0.05, 0) is 52.7 Å². The van der Waals surface area contributed by atoms with Crippen LogP contribution in [0.1, 0.15) is 11.1 Å². The molecule has 0 aliphatic rings. The van der Waals surface area contributed by atoms with E-state index in [1.165, 1.54) is 6.07 Å². The van der Waals surface area contributed by atoms with E-state index >= 15 is 0 Å². The predicted octanol–water partition coefficient (Wildman–Crippen LogP) is 4.91. The SMILES string of the molecule is Cc1ccc(C(F)(F)F)cc1Nc1ccc(Br)cn1. The zero-order valence-corrected chi connectivity index (χ0v) is 11.5. The van der Waals surface area contributed by atoms with Crippen LogP contribution in [0.2, 0.25) is 0 Å². The van der Waals surface area contributed by atoms with E-state index < -0.39 is 11.7 Å². The topological polar surface area (TPSA) is 24.9 Å². The summed E-state index contributed by atoms with van der Waals surface area (Å²) < 4.78 is 38.7. The van der Waals surface area contributed by atoms with E-state index in [1.54, 1.807) is 25.3 Å². The van der Waals surface area contributed by atoms with Crippen LogP contribution in [0.5, 0.6) is 0 Å². The second-order valence-corrected chi connectivity index (χ2v) is 4.93. The standard InChI is InChI=1S/C13H10BrF3N2/c1-8-2-3-9(13(15,16)17)6-11(8)19-12-5-4-10(14)7-18-12/h2-7H,1H3,(H,18,19). The number of nitrogens with one attached hydrogen (secondary N) is 1. The Labute approximate surface area is 116 Å². The lowest BCUT2D eigenvalue weighted by atomic mass is 10.1. The van der Waals surface area contributed by atoms with E-state index in [0.29, 0.717) is 11.5 Å². The van der Waals surface area contributed by atoms with Crippen LogP contribution in [0.4, 0.5) is 24.7 Å². The summed E-state index contributed by atoms with van der Waals surface area (Å²) >= 11 is 3.24. The maximum Gasteiger partial charge on any atom is 0.416 e. The highest BCUT2D eigenvalue weighted by Crippen LogP contribution is 2.32. The largest absolute Gasteiger partial charge is 0.416 e. The normalized spacial score (nSPS) is 11.4. The monoisotopic (exact) mass is 330 g/mol. The minimum absolute atomic E-state index is 0.393. The van der Waals surface area contributed by atoms with Gasteiger partial charge in [-0.15, -0.1) is 0 Å². The molecule has 1 heterocycles. The average molecular weight is 331 g/mol. The van der Waals surface area contributed by atoms with Gasteiger partial charge in [-0.25, -0.2) is 4.98 Å². The molecule has 0 bridgehead atoms. The molecule has 0 aliphatic carbocycles. The van der Waals surface area contributed by atoms with E-state index in [9.17, 15) is 13.2 Å². The molecule has 100 valence electrons. The van der Waals surface area contributed by atoms with Gasteiger partial charge in [0.2, 0.25) is 0 Å². The fraction of sp³-hybridized carbons (Fsp3) is 0.154. The predicted molar refractivity (Wildman–Crippen MR) is 71.4 cm³/mol. The lowest BCUT2D eigenvalue weighted by Crippen LogP contribution is -2.06. The summed E-state index contributed by atoms with van der Waals surface area (Å²) in [6.45, 7) is 1.74. The molecule has 0 amide bonds. The minimum atomic E-state index is -4.35. The number of alkyl halides is 3. The highest BCUT2D eigenvalue weighted by molar-refractivity contribution is 9.10. The second-order valence-electron chi connectivity index (χ2n) is 4.01. The zero-order valence-electron chi connectivity index (χ0n) is 9.92. The van der Waals surface area contributed by atoms with Crippen LogP contribution >= 0.6 is 15.9 Å². The Morgan fingerprint density at radius 3 is 2.47 bits per heavy atom. The number of pyridine rings is 1. The van der Waals surface area contributed by atoms with Crippen molar-refractivity contribution >= 4 is 27.4 Å². The van der Waals surface area contributed by atoms with Crippen LogP contribution in [0.15, 0.2) is 41.0 Å². The molecule has 0 spiro atoms. The van der Waals surface area contributed by atoms with Gasteiger partial charge in [0, 0.05) is 16.4 Å². The molecule has 2 rings (SSSR count). The fourth-order valence-corrected chi connectivity index (χ4v) is 1.76. The molecule has 1 N–H and O–H groups in total. The first-order valence-electron chi connectivity index (χ1n) is 5.43. The number of aryl methyl sites for hydroxylation is 1. The van der Waals surface area contributed by atoms with Crippen molar-refractivity contribution in [2.75, 3.05) is 5.32 Å². The van der Waals surface area contributed by atoms with Crippen LogP contribution < -0.4 is 5.32 Å². The molecule has 0 saturated heterocycles. The first-order valence-corrected chi connectivity index (χ1v) is 6.22. The third-order valence-electron chi connectivity index (χ3n) is 2.56. The number of aromatic nitrogens is 1. The molecule has 0 saturated carbocycles. The van der Waals surface area contributed by atoms with E-state index in [1.807, 2.05) is 0 Å². The van der Waals surface area contributed by atoms with Crippen molar-refractivity contribution in [2.45, 2.75) is 13.1 Å². The Morgan fingerprint density at radius 2 is 1.89 bits per heavy atom.